The van der Waals surface area contributed by atoms with E-state index in [0.717, 1.165) is 38.5 Å². The molecule has 0 bridgehead atoms. The summed E-state index contributed by atoms with van der Waals surface area (Å²) < 4.78 is 20.5. The molecule has 0 amide bonds. The molecule has 0 aromatic rings. The van der Waals surface area contributed by atoms with Gasteiger partial charge in [0.05, 0.1) is 11.2 Å². The van der Waals surface area contributed by atoms with Crippen LogP contribution in [0.4, 0.5) is 0 Å². The predicted molar refractivity (Wildman–Crippen MR) is 163 cm³/mol. The molecule has 0 saturated carbocycles. The molecule has 2 aliphatic carbocycles. The van der Waals surface area contributed by atoms with E-state index >= 15 is 0 Å². The standard InChI is InChI=1S/C36H54O6/c1-2-3-4-5-6-7-8-9-10-11-12-13-32(39)26-29-27-35(24-22-33(40-35)18-14-30(37)15-19-33)42-36(28-29)25-23-34(41-36)20-16-31(38)17-21-34/h14,16,18,20,29H,2-13,15,17,19,21-28H2,1H3/t29?,33-,34+,35+,36?/m1/s1. The second-order valence-electron chi connectivity index (χ2n) is 14.2. The van der Waals surface area contributed by atoms with E-state index in [-0.39, 0.29) is 17.5 Å². The SMILES string of the molecule is CCCCCCCCCCCCCC(=O)CC1CC2(CC[C@@]3(C=CC(=O)CC3)O2)O[C@@]2(CC[C@]3(C=CC(=O)CC3)O2)C1. The van der Waals surface area contributed by atoms with Crippen LogP contribution in [0.3, 0.4) is 0 Å². The van der Waals surface area contributed by atoms with Gasteiger partial charge in [-0.05, 0) is 62.3 Å². The van der Waals surface area contributed by atoms with Crippen molar-refractivity contribution in [2.45, 2.75) is 177 Å². The first-order valence-corrected chi connectivity index (χ1v) is 17.3. The third-order valence-corrected chi connectivity index (χ3v) is 10.5. The highest BCUT2D eigenvalue weighted by atomic mass is 16.8. The summed E-state index contributed by atoms with van der Waals surface area (Å²) in [6, 6.07) is 0. The first kappa shape index (κ1) is 31.8. The summed E-state index contributed by atoms with van der Waals surface area (Å²) >= 11 is 0. The Hall–Kier alpha value is -1.63. The smallest absolute Gasteiger partial charge is 0.173 e. The molecule has 5 rings (SSSR count). The van der Waals surface area contributed by atoms with Crippen molar-refractivity contribution < 1.29 is 28.6 Å². The summed E-state index contributed by atoms with van der Waals surface area (Å²) in [7, 11) is 0. The van der Waals surface area contributed by atoms with Crippen molar-refractivity contribution in [3.63, 3.8) is 0 Å². The zero-order valence-electron chi connectivity index (χ0n) is 26.1. The molecule has 0 aromatic carbocycles. The van der Waals surface area contributed by atoms with Crippen LogP contribution >= 0.6 is 0 Å². The van der Waals surface area contributed by atoms with Gasteiger partial charge in [-0.1, -0.05) is 71.1 Å². The lowest BCUT2D eigenvalue weighted by Gasteiger charge is -2.49. The van der Waals surface area contributed by atoms with Crippen molar-refractivity contribution in [1.29, 1.82) is 0 Å². The number of allylic oxidation sites excluding steroid dienone is 2. The fraction of sp³-hybridized carbons (Fsp3) is 0.806. The monoisotopic (exact) mass is 582 g/mol. The van der Waals surface area contributed by atoms with Crippen LogP contribution in [0.25, 0.3) is 0 Å². The van der Waals surface area contributed by atoms with E-state index in [1.54, 1.807) is 12.2 Å². The van der Waals surface area contributed by atoms with Crippen molar-refractivity contribution in [1.82, 2.24) is 0 Å². The molecule has 3 fully saturated rings. The molecule has 6 heteroatoms. The van der Waals surface area contributed by atoms with Crippen LogP contribution in [0.1, 0.15) is 155 Å². The number of rotatable bonds is 14. The van der Waals surface area contributed by atoms with Gasteiger partial charge < -0.3 is 14.2 Å². The molecule has 4 spiro atoms. The topological polar surface area (TPSA) is 78.9 Å². The summed E-state index contributed by atoms with van der Waals surface area (Å²) in [4.78, 5) is 37.0. The Morgan fingerprint density at radius 3 is 1.60 bits per heavy atom. The van der Waals surface area contributed by atoms with Gasteiger partial charge in [0, 0.05) is 51.4 Å². The van der Waals surface area contributed by atoms with Gasteiger partial charge in [-0.3, -0.25) is 14.4 Å². The fourth-order valence-electron chi connectivity index (χ4n) is 8.19. The third kappa shape index (κ3) is 8.09. The highest BCUT2D eigenvalue weighted by Gasteiger charge is 2.61. The van der Waals surface area contributed by atoms with E-state index in [9.17, 15) is 14.4 Å². The van der Waals surface area contributed by atoms with Crippen LogP contribution in [0.2, 0.25) is 0 Å². The molecule has 5 aliphatic rings. The molecule has 6 nitrogen and oxygen atoms in total. The molecule has 3 saturated heterocycles. The van der Waals surface area contributed by atoms with E-state index < -0.39 is 22.8 Å². The summed E-state index contributed by atoms with van der Waals surface area (Å²) in [5.74, 6) is -0.829. The maximum atomic E-state index is 13.2. The Bertz CT molecular complexity index is 972. The lowest BCUT2D eigenvalue weighted by Crippen LogP contribution is -2.54. The van der Waals surface area contributed by atoms with Crippen molar-refractivity contribution in [3.05, 3.63) is 24.3 Å². The zero-order chi connectivity index (χ0) is 29.5. The van der Waals surface area contributed by atoms with E-state index in [1.807, 2.05) is 12.2 Å². The minimum atomic E-state index is -0.801. The number of carbonyl (C=O) groups is 3. The van der Waals surface area contributed by atoms with Crippen molar-refractivity contribution >= 4 is 17.3 Å². The van der Waals surface area contributed by atoms with Crippen LogP contribution in [0, 0.1) is 5.92 Å². The van der Waals surface area contributed by atoms with Crippen LogP contribution in [-0.4, -0.2) is 40.1 Å². The Morgan fingerprint density at radius 2 is 1.14 bits per heavy atom. The molecule has 234 valence electrons. The van der Waals surface area contributed by atoms with Gasteiger partial charge in [-0.15, -0.1) is 0 Å². The first-order valence-electron chi connectivity index (χ1n) is 17.3. The Morgan fingerprint density at radius 1 is 0.667 bits per heavy atom. The summed E-state index contributed by atoms with van der Waals surface area (Å²) in [5, 5.41) is 0. The van der Waals surface area contributed by atoms with Gasteiger partial charge in [0.25, 0.3) is 0 Å². The molecule has 0 aromatic heterocycles. The minimum Gasteiger partial charge on any atom is -0.339 e. The fourth-order valence-corrected chi connectivity index (χ4v) is 8.19. The predicted octanol–water partition coefficient (Wildman–Crippen LogP) is 8.40. The molecule has 2 unspecified atom stereocenters. The van der Waals surface area contributed by atoms with Crippen molar-refractivity contribution in [2.75, 3.05) is 0 Å². The number of carbonyl (C=O) groups excluding carboxylic acids is 3. The third-order valence-electron chi connectivity index (χ3n) is 10.5. The molecular weight excluding hydrogens is 528 g/mol. The minimum absolute atomic E-state index is 0.132. The van der Waals surface area contributed by atoms with Crippen molar-refractivity contribution in [2.24, 2.45) is 5.92 Å². The quantitative estimate of drug-likeness (QED) is 0.191. The van der Waals surface area contributed by atoms with E-state index in [4.69, 9.17) is 14.2 Å². The Labute approximate surface area is 253 Å². The van der Waals surface area contributed by atoms with Crippen LogP contribution in [0.15, 0.2) is 24.3 Å². The Balaban J connectivity index is 1.14. The van der Waals surface area contributed by atoms with Gasteiger partial charge >= 0.3 is 0 Å². The normalized spacial score (nSPS) is 35.9. The van der Waals surface area contributed by atoms with Crippen LogP contribution < -0.4 is 0 Å². The van der Waals surface area contributed by atoms with Gasteiger partial charge in [-0.2, -0.15) is 0 Å². The summed E-state index contributed by atoms with van der Waals surface area (Å²) in [6.45, 7) is 2.26. The van der Waals surface area contributed by atoms with Gasteiger partial charge in [0.1, 0.15) is 5.78 Å². The first-order chi connectivity index (χ1) is 20.3. The average molecular weight is 583 g/mol. The molecule has 3 aliphatic heterocycles. The molecule has 3 heterocycles. The van der Waals surface area contributed by atoms with E-state index in [1.165, 1.54) is 57.8 Å². The number of hydrogen-bond donors (Lipinski definition) is 0. The van der Waals surface area contributed by atoms with Gasteiger partial charge in [0.15, 0.2) is 23.1 Å². The number of hydrogen-bond acceptors (Lipinski definition) is 6. The van der Waals surface area contributed by atoms with Crippen LogP contribution in [-0.2, 0) is 28.6 Å². The number of ketones is 3. The zero-order valence-corrected chi connectivity index (χ0v) is 26.1. The maximum absolute atomic E-state index is 13.2. The second kappa shape index (κ2) is 14.0. The number of ether oxygens (including phenoxy) is 3. The molecule has 0 N–H and O–H groups in total. The lowest BCUT2D eigenvalue weighted by atomic mass is 9.81. The molecule has 42 heavy (non-hydrogen) atoms. The number of Topliss-reactive ketones (excluding diaryl/α,β-unsaturated/α-hetero) is 1. The summed E-state index contributed by atoms with van der Waals surface area (Å²) in [5.41, 5.74) is -0.937. The lowest BCUT2D eigenvalue weighted by molar-refractivity contribution is -0.388. The van der Waals surface area contributed by atoms with Crippen molar-refractivity contribution in [3.8, 4) is 0 Å². The Kier molecular flexibility index (Phi) is 10.6. The van der Waals surface area contributed by atoms with E-state index in [0.29, 0.717) is 57.1 Å². The largest absolute Gasteiger partial charge is 0.339 e. The highest BCUT2D eigenvalue weighted by molar-refractivity contribution is 5.91. The van der Waals surface area contributed by atoms with E-state index in [2.05, 4.69) is 6.92 Å². The molecule has 5 atom stereocenters. The number of unbranched alkanes of at least 4 members (excludes halogenated alkanes) is 10. The van der Waals surface area contributed by atoms with Gasteiger partial charge in [-0.25, -0.2) is 0 Å². The highest BCUT2D eigenvalue weighted by Crippen LogP contribution is 2.57. The summed E-state index contributed by atoms with van der Waals surface area (Å²) in [6.07, 6.45) is 29.3. The molecule has 0 radical (unpaired) electrons. The van der Waals surface area contributed by atoms with Gasteiger partial charge in [0.2, 0.25) is 0 Å². The average Bonchev–Trinajstić information content (AvgIpc) is 3.47. The molecular formula is C36H54O6. The van der Waals surface area contributed by atoms with Crippen LogP contribution in [0.5, 0.6) is 0 Å². The maximum Gasteiger partial charge on any atom is 0.173 e. The second-order valence-corrected chi connectivity index (χ2v) is 14.2.